The third kappa shape index (κ3) is 0.625. The van der Waals surface area contributed by atoms with E-state index in [1.807, 2.05) is 0 Å². The van der Waals surface area contributed by atoms with Crippen LogP contribution in [0.15, 0.2) is 0 Å². The van der Waals surface area contributed by atoms with Gasteiger partial charge in [0.1, 0.15) is 0 Å². The molecule has 2 saturated heterocycles. The second-order valence-corrected chi connectivity index (χ2v) is 6.59. The number of rotatable bonds is 0. The second kappa shape index (κ2) is 2.07. The summed E-state index contributed by atoms with van der Waals surface area (Å²) in [5.74, 6) is 6.47. The molecule has 2 aliphatic heterocycles. The molecule has 1 nitrogen and oxygen atoms in total. The normalized spacial score (nSPS) is 72.0. The van der Waals surface area contributed by atoms with E-state index < -0.39 is 0 Å². The first-order valence-corrected chi connectivity index (χ1v) is 6.55. The molecule has 0 aromatic heterocycles. The first kappa shape index (κ1) is 7.27. The highest BCUT2D eigenvalue weighted by molar-refractivity contribution is 5.12. The fraction of sp³-hybridized carbons (Fsp3) is 1.00. The second-order valence-electron chi connectivity index (χ2n) is 6.59. The highest BCUT2D eigenvalue weighted by Crippen LogP contribution is 2.67. The minimum atomic E-state index is 0.688. The molecule has 8 atom stereocenters. The lowest BCUT2D eigenvalue weighted by molar-refractivity contribution is -0.287. The van der Waals surface area contributed by atoms with Gasteiger partial charge >= 0.3 is 0 Å². The minimum Gasteiger partial charge on any atom is -0.374 e. The average molecular weight is 190 g/mol. The fourth-order valence-electron chi connectivity index (χ4n) is 6.11. The monoisotopic (exact) mass is 190 g/mol. The quantitative estimate of drug-likeness (QED) is 0.570. The lowest BCUT2D eigenvalue weighted by Crippen LogP contribution is -2.66. The summed E-state index contributed by atoms with van der Waals surface area (Å²) in [5, 5.41) is 0. The van der Waals surface area contributed by atoms with Gasteiger partial charge in [0.25, 0.3) is 0 Å². The molecule has 2 heterocycles. The van der Waals surface area contributed by atoms with Crippen LogP contribution in [0.4, 0.5) is 0 Å². The van der Waals surface area contributed by atoms with E-state index in [1.165, 1.54) is 25.7 Å². The van der Waals surface area contributed by atoms with Crippen LogP contribution in [0.25, 0.3) is 0 Å². The molecule has 7 rings (SSSR count). The topological polar surface area (TPSA) is 9.23 Å². The highest BCUT2D eigenvalue weighted by atomic mass is 16.5. The van der Waals surface area contributed by atoms with E-state index in [0.717, 1.165) is 41.6 Å². The van der Waals surface area contributed by atoms with Crippen LogP contribution in [0.3, 0.4) is 0 Å². The molecule has 0 aromatic carbocycles. The molecular weight excluding hydrogens is 172 g/mol. The van der Waals surface area contributed by atoms with Gasteiger partial charge in [-0.15, -0.1) is 0 Å². The largest absolute Gasteiger partial charge is 0.374 e. The van der Waals surface area contributed by atoms with Crippen molar-refractivity contribution in [3.63, 3.8) is 0 Å². The van der Waals surface area contributed by atoms with Crippen LogP contribution < -0.4 is 0 Å². The molecule has 6 unspecified atom stereocenters. The Morgan fingerprint density at radius 3 is 1.93 bits per heavy atom. The van der Waals surface area contributed by atoms with E-state index >= 15 is 0 Å². The van der Waals surface area contributed by atoms with Gasteiger partial charge in [-0.05, 0) is 67.6 Å². The van der Waals surface area contributed by atoms with Gasteiger partial charge in [0, 0.05) is 0 Å². The standard InChI is InChI=1S/C13H18O/c1-6-2-11-9-4-7-5-10(8(1)9)12(3-6)13(11)14-7/h6-13H,1-5H2/t6?,7?,8?,9-,10+,11?,12?,13?. The predicted octanol–water partition coefficient (Wildman–Crippen LogP) is 2.46. The molecule has 5 saturated carbocycles. The summed E-state index contributed by atoms with van der Waals surface area (Å²) in [6.45, 7) is 0. The molecule has 76 valence electrons. The van der Waals surface area contributed by atoms with E-state index in [1.54, 1.807) is 6.42 Å². The van der Waals surface area contributed by atoms with Crippen molar-refractivity contribution in [2.45, 2.75) is 44.3 Å². The Labute approximate surface area is 85.2 Å². The average Bonchev–Trinajstić information content (AvgIpc) is 2.24. The van der Waals surface area contributed by atoms with Gasteiger partial charge in [0.2, 0.25) is 0 Å². The number of hydrogen-bond donors (Lipinski definition) is 0. The first-order chi connectivity index (χ1) is 6.90. The van der Waals surface area contributed by atoms with Crippen LogP contribution >= 0.6 is 0 Å². The molecule has 7 aliphatic rings. The van der Waals surface area contributed by atoms with Gasteiger partial charge in [-0.2, -0.15) is 0 Å². The van der Waals surface area contributed by atoms with Gasteiger partial charge in [0.15, 0.2) is 0 Å². The van der Waals surface area contributed by atoms with Gasteiger partial charge in [-0.3, -0.25) is 0 Å². The summed E-state index contributed by atoms with van der Waals surface area (Å²) in [6, 6.07) is 0. The molecular formula is C13H18O. The van der Waals surface area contributed by atoms with Crippen molar-refractivity contribution >= 4 is 0 Å². The van der Waals surface area contributed by atoms with Gasteiger partial charge in [-0.1, -0.05) is 0 Å². The van der Waals surface area contributed by atoms with E-state index in [-0.39, 0.29) is 0 Å². The summed E-state index contributed by atoms with van der Waals surface area (Å²) in [4.78, 5) is 0. The SMILES string of the molecule is C1C2CC3C4OC5C[C@H](C14)C(C2)[C@H]3C5. The molecule has 0 N–H and O–H groups in total. The van der Waals surface area contributed by atoms with Crippen LogP contribution in [-0.4, -0.2) is 12.2 Å². The van der Waals surface area contributed by atoms with Crippen molar-refractivity contribution in [2.75, 3.05) is 0 Å². The minimum absolute atomic E-state index is 0.688. The molecule has 14 heavy (non-hydrogen) atoms. The van der Waals surface area contributed by atoms with Crippen molar-refractivity contribution < 1.29 is 4.74 Å². The van der Waals surface area contributed by atoms with E-state index in [9.17, 15) is 0 Å². The van der Waals surface area contributed by atoms with Gasteiger partial charge in [0.05, 0.1) is 12.2 Å². The van der Waals surface area contributed by atoms with E-state index in [4.69, 9.17) is 4.74 Å². The van der Waals surface area contributed by atoms with Crippen molar-refractivity contribution in [2.24, 2.45) is 35.5 Å². The summed E-state index contributed by atoms with van der Waals surface area (Å²) < 4.78 is 6.26. The Morgan fingerprint density at radius 1 is 0.643 bits per heavy atom. The molecule has 0 aromatic rings. The Kier molecular flexibility index (Phi) is 1.07. The number of ether oxygens (including phenoxy) is 1. The molecule has 0 spiro atoms. The van der Waals surface area contributed by atoms with Crippen molar-refractivity contribution in [3.05, 3.63) is 0 Å². The summed E-state index contributed by atoms with van der Waals surface area (Å²) in [7, 11) is 0. The third-order valence-corrected chi connectivity index (χ3v) is 6.28. The van der Waals surface area contributed by atoms with E-state index in [2.05, 4.69) is 0 Å². The zero-order valence-corrected chi connectivity index (χ0v) is 8.56. The van der Waals surface area contributed by atoms with Crippen LogP contribution in [0.5, 0.6) is 0 Å². The van der Waals surface area contributed by atoms with Gasteiger partial charge < -0.3 is 4.74 Å². The molecule has 5 aliphatic carbocycles. The Bertz CT molecular complexity index is 210. The third-order valence-electron chi connectivity index (χ3n) is 6.28. The maximum Gasteiger partial charge on any atom is 0.0640 e. The first-order valence-electron chi connectivity index (χ1n) is 6.55. The van der Waals surface area contributed by atoms with Gasteiger partial charge in [-0.25, -0.2) is 0 Å². The van der Waals surface area contributed by atoms with Crippen LogP contribution in [0, 0.1) is 35.5 Å². The van der Waals surface area contributed by atoms with Crippen LogP contribution in [-0.2, 0) is 4.74 Å². The number of hydrogen-bond acceptors (Lipinski definition) is 1. The summed E-state index contributed by atoms with van der Waals surface area (Å²) in [6.07, 6.45) is 8.94. The highest BCUT2D eigenvalue weighted by Gasteiger charge is 2.64. The molecule has 7 fully saturated rings. The lowest BCUT2D eigenvalue weighted by atomic mass is 9.42. The van der Waals surface area contributed by atoms with Crippen molar-refractivity contribution in [1.82, 2.24) is 0 Å². The smallest absolute Gasteiger partial charge is 0.0640 e. The fourth-order valence-corrected chi connectivity index (χ4v) is 6.11. The maximum atomic E-state index is 6.26. The Balaban J connectivity index is 1.70. The molecule has 0 amide bonds. The Morgan fingerprint density at radius 2 is 1.21 bits per heavy atom. The Hall–Kier alpha value is -0.0400. The molecule has 0 radical (unpaired) electrons. The summed E-state index contributed by atoms with van der Waals surface area (Å²) in [5.41, 5.74) is 0. The lowest BCUT2D eigenvalue weighted by Gasteiger charge is -2.69. The molecule has 1 heteroatoms. The molecule has 8 bridgehead atoms. The van der Waals surface area contributed by atoms with Crippen LogP contribution in [0.1, 0.15) is 32.1 Å². The predicted molar refractivity (Wildman–Crippen MR) is 52.7 cm³/mol. The van der Waals surface area contributed by atoms with Crippen LogP contribution in [0.2, 0.25) is 0 Å². The summed E-state index contributed by atoms with van der Waals surface area (Å²) >= 11 is 0. The van der Waals surface area contributed by atoms with Crippen molar-refractivity contribution in [1.29, 1.82) is 0 Å². The maximum absolute atomic E-state index is 6.26. The zero-order chi connectivity index (χ0) is 8.86. The van der Waals surface area contributed by atoms with Crippen molar-refractivity contribution in [3.8, 4) is 0 Å². The van der Waals surface area contributed by atoms with E-state index in [0.29, 0.717) is 6.10 Å². The zero-order valence-electron chi connectivity index (χ0n) is 8.56.